The standard InChI is InChI=1S/C16H21FN2O4/c1-3-23-15(21)12-7-14(13(17)6-10(12)2)18-16(22)19-5-4-11(8-19)9-20/h6-7,11,20H,3-5,8-9H2,1-2H3,(H,18,22)/t11-/m0/s1. The van der Waals surface area contributed by atoms with E-state index in [1.165, 1.54) is 17.0 Å². The minimum Gasteiger partial charge on any atom is -0.462 e. The summed E-state index contributed by atoms with van der Waals surface area (Å²) in [5.41, 5.74) is 0.606. The second kappa shape index (κ2) is 7.41. The van der Waals surface area contributed by atoms with Crippen LogP contribution in [0.25, 0.3) is 0 Å². The zero-order chi connectivity index (χ0) is 17.0. The number of benzene rings is 1. The predicted molar refractivity (Wildman–Crippen MR) is 82.9 cm³/mol. The van der Waals surface area contributed by atoms with Gasteiger partial charge in [0.2, 0.25) is 0 Å². The summed E-state index contributed by atoms with van der Waals surface area (Å²) in [6.45, 7) is 4.47. The zero-order valence-corrected chi connectivity index (χ0v) is 13.3. The van der Waals surface area contributed by atoms with Crippen LogP contribution in [0.5, 0.6) is 0 Å². The van der Waals surface area contributed by atoms with E-state index in [2.05, 4.69) is 5.32 Å². The Morgan fingerprint density at radius 2 is 2.22 bits per heavy atom. The maximum Gasteiger partial charge on any atom is 0.338 e. The third-order valence-corrected chi connectivity index (χ3v) is 3.88. The minimum atomic E-state index is -0.609. The first-order valence-electron chi connectivity index (χ1n) is 7.60. The Kier molecular flexibility index (Phi) is 5.54. The molecule has 1 aliphatic rings. The number of aliphatic hydroxyl groups is 1. The summed E-state index contributed by atoms with van der Waals surface area (Å²) >= 11 is 0. The number of carbonyl (C=O) groups excluding carboxylic acids is 2. The Labute approximate surface area is 134 Å². The van der Waals surface area contributed by atoms with E-state index < -0.39 is 17.8 Å². The van der Waals surface area contributed by atoms with Gasteiger partial charge in [0.05, 0.1) is 17.9 Å². The molecule has 0 bridgehead atoms. The van der Waals surface area contributed by atoms with Crippen molar-refractivity contribution in [3.63, 3.8) is 0 Å². The zero-order valence-electron chi connectivity index (χ0n) is 13.3. The molecule has 0 unspecified atom stereocenters. The van der Waals surface area contributed by atoms with Gasteiger partial charge in [0, 0.05) is 25.6 Å². The van der Waals surface area contributed by atoms with Crippen molar-refractivity contribution >= 4 is 17.7 Å². The number of urea groups is 1. The number of halogens is 1. The van der Waals surface area contributed by atoms with Crippen LogP contribution >= 0.6 is 0 Å². The van der Waals surface area contributed by atoms with E-state index in [1.807, 2.05) is 0 Å². The number of carbonyl (C=O) groups is 2. The monoisotopic (exact) mass is 324 g/mol. The number of esters is 1. The van der Waals surface area contributed by atoms with Gasteiger partial charge in [-0.3, -0.25) is 0 Å². The molecule has 1 aliphatic heterocycles. The summed E-state index contributed by atoms with van der Waals surface area (Å²) in [7, 11) is 0. The van der Waals surface area contributed by atoms with Gasteiger partial charge < -0.3 is 20.1 Å². The van der Waals surface area contributed by atoms with Gasteiger partial charge >= 0.3 is 12.0 Å². The molecule has 2 rings (SSSR count). The molecule has 1 aromatic rings. The second-order valence-electron chi connectivity index (χ2n) is 5.58. The molecule has 0 spiro atoms. The van der Waals surface area contributed by atoms with Crippen LogP contribution < -0.4 is 5.32 Å². The number of aliphatic hydroxyl groups excluding tert-OH is 1. The molecular formula is C16H21FN2O4. The van der Waals surface area contributed by atoms with Crippen LogP contribution in [0, 0.1) is 18.7 Å². The molecule has 0 aromatic heterocycles. The van der Waals surface area contributed by atoms with Gasteiger partial charge in [-0.15, -0.1) is 0 Å². The highest BCUT2D eigenvalue weighted by molar-refractivity contribution is 5.95. The Bertz CT molecular complexity index is 606. The van der Waals surface area contributed by atoms with Crippen molar-refractivity contribution in [3.8, 4) is 0 Å². The van der Waals surface area contributed by atoms with Crippen molar-refractivity contribution in [1.29, 1.82) is 0 Å². The number of likely N-dealkylation sites (tertiary alicyclic amines) is 1. The first-order chi connectivity index (χ1) is 11.0. The fraction of sp³-hybridized carbons (Fsp3) is 0.500. The lowest BCUT2D eigenvalue weighted by Crippen LogP contribution is -2.33. The Morgan fingerprint density at radius 1 is 1.48 bits per heavy atom. The quantitative estimate of drug-likeness (QED) is 0.832. The molecule has 0 saturated carbocycles. The molecule has 2 amide bonds. The third-order valence-electron chi connectivity index (χ3n) is 3.88. The Balaban J connectivity index is 2.14. The average Bonchev–Trinajstić information content (AvgIpc) is 2.99. The van der Waals surface area contributed by atoms with Crippen molar-refractivity contribution in [2.45, 2.75) is 20.3 Å². The first-order valence-corrected chi connectivity index (χ1v) is 7.60. The van der Waals surface area contributed by atoms with E-state index in [9.17, 15) is 14.0 Å². The van der Waals surface area contributed by atoms with Gasteiger partial charge in [-0.05, 0) is 38.0 Å². The van der Waals surface area contributed by atoms with Crippen LogP contribution in [0.3, 0.4) is 0 Å². The van der Waals surface area contributed by atoms with Crippen LogP contribution in [0.4, 0.5) is 14.9 Å². The minimum absolute atomic E-state index is 0.0235. The number of nitrogens with zero attached hydrogens (tertiary/aromatic N) is 1. The van der Waals surface area contributed by atoms with Crippen molar-refractivity contribution in [1.82, 2.24) is 4.90 Å². The molecule has 6 nitrogen and oxygen atoms in total. The topological polar surface area (TPSA) is 78.9 Å². The number of amides is 2. The summed E-state index contributed by atoms with van der Waals surface area (Å²) in [6, 6.07) is 2.04. The third kappa shape index (κ3) is 3.98. The van der Waals surface area contributed by atoms with Gasteiger partial charge in [-0.2, -0.15) is 0 Å². The fourth-order valence-electron chi connectivity index (χ4n) is 2.56. The summed E-state index contributed by atoms with van der Waals surface area (Å²) in [5, 5.41) is 11.6. The van der Waals surface area contributed by atoms with Crippen LogP contribution in [0.1, 0.15) is 29.3 Å². The molecule has 0 radical (unpaired) electrons. The Hall–Kier alpha value is -2.15. The largest absolute Gasteiger partial charge is 0.462 e. The SMILES string of the molecule is CCOC(=O)c1cc(NC(=O)N2CC[C@H](CO)C2)c(F)cc1C. The number of ether oxygens (including phenoxy) is 1. The first kappa shape index (κ1) is 17.2. The lowest BCUT2D eigenvalue weighted by molar-refractivity contribution is 0.0525. The lowest BCUT2D eigenvalue weighted by atomic mass is 10.1. The maximum absolute atomic E-state index is 14.0. The van der Waals surface area contributed by atoms with Crippen molar-refractivity contribution in [2.75, 3.05) is 31.6 Å². The highest BCUT2D eigenvalue weighted by Gasteiger charge is 2.26. The van der Waals surface area contributed by atoms with Crippen LogP contribution in [0.15, 0.2) is 12.1 Å². The van der Waals surface area contributed by atoms with E-state index in [1.54, 1.807) is 13.8 Å². The molecule has 1 atom stereocenters. The highest BCUT2D eigenvalue weighted by Crippen LogP contribution is 2.23. The summed E-state index contributed by atoms with van der Waals surface area (Å²) in [4.78, 5) is 25.5. The molecule has 0 aliphatic carbocycles. The van der Waals surface area contributed by atoms with E-state index in [0.29, 0.717) is 25.1 Å². The Morgan fingerprint density at radius 3 is 2.83 bits per heavy atom. The lowest BCUT2D eigenvalue weighted by Gasteiger charge is -2.18. The molecule has 23 heavy (non-hydrogen) atoms. The smallest absolute Gasteiger partial charge is 0.338 e. The van der Waals surface area contributed by atoms with Gasteiger partial charge in [-0.25, -0.2) is 14.0 Å². The summed E-state index contributed by atoms with van der Waals surface area (Å²) in [5.74, 6) is -1.11. The average molecular weight is 324 g/mol. The van der Waals surface area contributed by atoms with Crippen LogP contribution in [0.2, 0.25) is 0 Å². The van der Waals surface area contributed by atoms with Gasteiger partial charge in [0.1, 0.15) is 5.82 Å². The van der Waals surface area contributed by atoms with Crippen LogP contribution in [-0.4, -0.2) is 48.3 Å². The number of anilines is 1. The van der Waals surface area contributed by atoms with Gasteiger partial charge in [0.15, 0.2) is 0 Å². The van der Waals surface area contributed by atoms with Gasteiger partial charge in [0.25, 0.3) is 0 Å². The molecule has 126 valence electrons. The number of hydrogen-bond donors (Lipinski definition) is 2. The van der Waals surface area contributed by atoms with E-state index in [-0.39, 0.29) is 30.4 Å². The second-order valence-corrected chi connectivity index (χ2v) is 5.58. The number of aryl methyl sites for hydroxylation is 1. The number of hydrogen-bond acceptors (Lipinski definition) is 4. The van der Waals surface area contributed by atoms with E-state index >= 15 is 0 Å². The van der Waals surface area contributed by atoms with E-state index in [0.717, 1.165) is 0 Å². The molecule has 2 N–H and O–H groups in total. The van der Waals surface area contributed by atoms with Crippen molar-refractivity contribution < 1.29 is 23.8 Å². The van der Waals surface area contributed by atoms with Crippen LogP contribution in [-0.2, 0) is 4.74 Å². The predicted octanol–water partition coefficient (Wildman–Crippen LogP) is 2.16. The van der Waals surface area contributed by atoms with Crippen molar-refractivity contribution in [3.05, 3.63) is 29.1 Å². The van der Waals surface area contributed by atoms with Gasteiger partial charge in [-0.1, -0.05) is 0 Å². The number of rotatable bonds is 4. The molecule has 7 heteroatoms. The molecule has 1 heterocycles. The normalized spacial score (nSPS) is 17.2. The molecule has 1 aromatic carbocycles. The maximum atomic E-state index is 14.0. The fourth-order valence-corrected chi connectivity index (χ4v) is 2.56. The molecule has 1 fully saturated rings. The summed E-state index contributed by atoms with van der Waals surface area (Å²) in [6.07, 6.45) is 0.717. The molecule has 1 saturated heterocycles. The van der Waals surface area contributed by atoms with E-state index in [4.69, 9.17) is 9.84 Å². The number of nitrogens with one attached hydrogen (secondary N) is 1. The van der Waals surface area contributed by atoms with Crippen molar-refractivity contribution in [2.24, 2.45) is 5.92 Å². The highest BCUT2D eigenvalue weighted by atomic mass is 19.1. The summed E-state index contributed by atoms with van der Waals surface area (Å²) < 4.78 is 19.0. The molecular weight excluding hydrogens is 303 g/mol.